The summed E-state index contributed by atoms with van der Waals surface area (Å²) in [6.45, 7) is 2.71. The number of amides is 1. The Bertz CT molecular complexity index is 539. The lowest BCUT2D eigenvalue weighted by molar-refractivity contribution is -0.130. The summed E-state index contributed by atoms with van der Waals surface area (Å²) in [5.74, 6) is 0.347. The molecule has 3 nitrogen and oxygen atoms in total. The van der Waals surface area contributed by atoms with Gasteiger partial charge in [-0.1, -0.05) is 43.3 Å². The second kappa shape index (κ2) is 6.85. The fourth-order valence-electron chi connectivity index (χ4n) is 2.15. The van der Waals surface area contributed by atoms with Crippen molar-refractivity contribution in [3.05, 3.63) is 66.0 Å². The number of nitrogens with zero attached hydrogens (tertiary/aromatic N) is 2. The van der Waals surface area contributed by atoms with Crippen molar-refractivity contribution in [3.8, 4) is 0 Å². The predicted octanol–water partition coefficient (Wildman–Crippen LogP) is 3.23. The predicted molar refractivity (Wildman–Crippen MR) is 80.2 cm³/mol. The molecule has 0 aliphatic carbocycles. The van der Waals surface area contributed by atoms with Gasteiger partial charge >= 0.3 is 0 Å². The first-order chi connectivity index (χ1) is 9.66. The Morgan fingerprint density at radius 3 is 2.60 bits per heavy atom. The van der Waals surface area contributed by atoms with Crippen LogP contribution in [0.4, 0.5) is 0 Å². The van der Waals surface area contributed by atoms with E-state index < -0.39 is 0 Å². The maximum Gasteiger partial charge on any atom is 0.223 e. The molecule has 0 N–H and O–H groups in total. The molecule has 1 aromatic heterocycles. The number of hydrogen-bond acceptors (Lipinski definition) is 2. The summed E-state index contributed by atoms with van der Waals surface area (Å²) < 4.78 is 0. The van der Waals surface area contributed by atoms with Gasteiger partial charge in [0.2, 0.25) is 5.91 Å². The summed E-state index contributed by atoms with van der Waals surface area (Å²) in [5, 5.41) is 0. The molecule has 1 amide bonds. The van der Waals surface area contributed by atoms with Crippen molar-refractivity contribution in [2.45, 2.75) is 25.8 Å². The molecule has 0 aliphatic heterocycles. The molecule has 1 atom stereocenters. The Balaban J connectivity index is 1.91. The van der Waals surface area contributed by atoms with Crippen LogP contribution in [0, 0.1) is 0 Å². The molecule has 2 rings (SSSR count). The molecule has 20 heavy (non-hydrogen) atoms. The van der Waals surface area contributed by atoms with Gasteiger partial charge in [-0.05, 0) is 23.1 Å². The highest BCUT2D eigenvalue weighted by atomic mass is 16.2. The highest BCUT2D eigenvalue weighted by Gasteiger charge is 2.15. The van der Waals surface area contributed by atoms with Gasteiger partial charge in [-0.2, -0.15) is 0 Å². The van der Waals surface area contributed by atoms with Gasteiger partial charge in [-0.25, -0.2) is 0 Å². The third-order valence-electron chi connectivity index (χ3n) is 3.42. The minimum atomic E-state index is 0.158. The van der Waals surface area contributed by atoms with E-state index in [4.69, 9.17) is 0 Å². The molecule has 3 heteroatoms. The first kappa shape index (κ1) is 14.3. The highest BCUT2D eigenvalue weighted by Crippen LogP contribution is 2.19. The maximum atomic E-state index is 12.2. The molecule has 0 aliphatic rings. The van der Waals surface area contributed by atoms with Crippen LogP contribution in [0.1, 0.15) is 30.4 Å². The standard InChI is InChI=1S/C17H20N2O/c1-14(16-9-6-10-18-12-16)11-17(20)19(2)13-15-7-4-3-5-8-15/h3-10,12,14H,11,13H2,1-2H3. The zero-order valence-electron chi connectivity index (χ0n) is 12.0. The van der Waals surface area contributed by atoms with E-state index in [9.17, 15) is 4.79 Å². The van der Waals surface area contributed by atoms with E-state index in [1.54, 1.807) is 11.1 Å². The number of rotatable bonds is 5. The van der Waals surface area contributed by atoms with E-state index in [0.29, 0.717) is 13.0 Å². The van der Waals surface area contributed by atoms with Crippen LogP contribution < -0.4 is 0 Å². The molecular weight excluding hydrogens is 248 g/mol. The van der Waals surface area contributed by atoms with E-state index in [0.717, 1.165) is 11.1 Å². The summed E-state index contributed by atoms with van der Waals surface area (Å²) in [4.78, 5) is 18.1. The average molecular weight is 268 g/mol. The van der Waals surface area contributed by atoms with Gasteiger partial charge in [-0.3, -0.25) is 9.78 Å². The van der Waals surface area contributed by atoms with Gasteiger partial charge < -0.3 is 4.90 Å². The quantitative estimate of drug-likeness (QED) is 0.834. The lowest BCUT2D eigenvalue weighted by atomic mass is 9.99. The largest absolute Gasteiger partial charge is 0.341 e. The van der Waals surface area contributed by atoms with E-state index in [-0.39, 0.29) is 11.8 Å². The minimum Gasteiger partial charge on any atom is -0.341 e. The summed E-state index contributed by atoms with van der Waals surface area (Å²) in [7, 11) is 1.85. The molecule has 1 heterocycles. The summed E-state index contributed by atoms with van der Waals surface area (Å²) in [6, 6.07) is 14.0. The molecule has 0 saturated heterocycles. The monoisotopic (exact) mass is 268 g/mol. The smallest absolute Gasteiger partial charge is 0.223 e. The van der Waals surface area contributed by atoms with E-state index in [2.05, 4.69) is 11.9 Å². The van der Waals surface area contributed by atoms with Crippen LogP contribution in [-0.2, 0) is 11.3 Å². The van der Waals surface area contributed by atoms with E-state index >= 15 is 0 Å². The SMILES string of the molecule is CC(CC(=O)N(C)Cc1ccccc1)c1cccnc1. The molecular formula is C17H20N2O. The maximum absolute atomic E-state index is 12.2. The topological polar surface area (TPSA) is 33.2 Å². The Morgan fingerprint density at radius 1 is 1.20 bits per heavy atom. The molecule has 0 radical (unpaired) electrons. The summed E-state index contributed by atoms with van der Waals surface area (Å²) >= 11 is 0. The fourth-order valence-corrected chi connectivity index (χ4v) is 2.15. The molecule has 0 saturated carbocycles. The van der Waals surface area contributed by atoms with Gasteiger partial charge in [0.05, 0.1) is 0 Å². The van der Waals surface area contributed by atoms with Gasteiger partial charge in [0.15, 0.2) is 0 Å². The number of aromatic nitrogens is 1. The van der Waals surface area contributed by atoms with Crippen molar-refractivity contribution in [1.82, 2.24) is 9.88 Å². The Hall–Kier alpha value is -2.16. The van der Waals surface area contributed by atoms with Crippen molar-refractivity contribution < 1.29 is 4.79 Å². The minimum absolute atomic E-state index is 0.158. The van der Waals surface area contributed by atoms with Crippen LogP contribution >= 0.6 is 0 Å². The zero-order chi connectivity index (χ0) is 14.4. The van der Waals surface area contributed by atoms with E-state index in [1.165, 1.54) is 0 Å². The molecule has 104 valence electrons. The number of carbonyl (C=O) groups excluding carboxylic acids is 1. The third-order valence-corrected chi connectivity index (χ3v) is 3.42. The summed E-state index contributed by atoms with van der Waals surface area (Å²) in [5.41, 5.74) is 2.26. The van der Waals surface area contributed by atoms with Crippen molar-refractivity contribution >= 4 is 5.91 Å². The molecule has 0 bridgehead atoms. The van der Waals surface area contributed by atoms with Gasteiger partial charge in [-0.15, -0.1) is 0 Å². The van der Waals surface area contributed by atoms with Crippen LogP contribution in [-0.4, -0.2) is 22.8 Å². The number of hydrogen-bond donors (Lipinski definition) is 0. The van der Waals surface area contributed by atoms with Crippen molar-refractivity contribution in [3.63, 3.8) is 0 Å². The molecule has 2 aromatic rings. The lowest BCUT2D eigenvalue weighted by Crippen LogP contribution is -2.27. The molecule has 1 unspecified atom stereocenters. The van der Waals surface area contributed by atoms with Crippen LogP contribution in [0.25, 0.3) is 0 Å². The number of pyridine rings is 1. The normalized spacial score (nSPS) is 11.9. The summed E-state index contributed by atoms with van der Waals surface area (Å²) in [6.07, 6.45) is 4.09. The van der Waals surface area contributed by atoms with E-state index in [1.807, 2.05) is 55.7 Å². The number of carbonyl (C=O) groups is 1. The highest BCUT2D eigenvalue weighted by molar-refractivity contribution is 5.76. The van der Waals surface area contributed by atoms with Gasteiger partial charge in [0, 0.05) is 32.4 Å². The number of benzene rings is 1. The average Bonchev–Trinajstić information content (AvgIpc) is 2.49. The molecule has 1 aromatic carbocycles. The van der Waals surface area contributed by atoms with Crippen molar-refractivity contribution in [2.75, 3.05) is 7.05 Å². The molecule has 0 fully saturated rings. The Morgan fingerprint density at radius 2 is 1.95 bits per heavy atom. The van der Waals surface area contributed by atoms with Gasteiger partial charge in [0.25, 0.3) is 0 Å². The first-order valence-corrected chi connectivity index (χ1v) is 6.84. The molecule has 0 spiro atoms. The van der Waals surface area contributed by atoms with Crippen molar-refractivity contribution in [2.24, 2.45) is 0 Å². The van der Waals surface area contributed by atoms with Crippen LogP contribution in [0.2, 0.25) is 0 Å². The second-order valence-corrected chi connectivity index (χ2v) is 5.13. The lowest BCUT2D eigenvalue weighted by Gasteiger charge is -2.19. The second-order valence-electron chi connectivity index (χ2n) is 5.13. The Kier molecular flexibility index (Phi) is 4.88. The van der Waals surface area contributed by atoms with Crippen LogP contribution in [0.15, 0.2) is 54.9 Å². The zero-order valence-corrected chi connectivity index (χ0v) is 12.0. The van der Waals surface area contributed by atoms with Crippen molar-refractivity contribution in [1.29, 1.82) is 0 Å². The van der Waals surface area contributed by atoms with Gasteiger partial charge in [0.1, 0.15) is 0 Å². The van der Waals surface area contributed by atoms with Crippen LogP contribution in [0.3, 0.4) is 0 Å². The fraction of sp³-hybridized carbons (Fsp3) is 0.294. The van der Waals surface area contributed by atoms with Crippen LogP contribution in [0.5, 0.6) is 0 Å². The first-order valence-electron chi connectivity index (χ1n) is 6.84. The Labute approximate surface area is 120 Å². The third kappa shape index (κ3) is 3.92.